The molecule has 1 saturated carbocycles. The van der Waals surface area contributed by atoms with E-state index in [1.54, 1.807) is 19.1 Å². The van der Waals surface area contributed by atoms with Gasteiger partial charge in [-0.3, -0.25) is 4.79 Å². The third-order valence-electron chi connectivity index (χ3n) is 3.33. The Morgan fingerprint density at radius 3 is 2.29 bits per heavy atom. The third-order valence-corrected chi connectivity index (χ3v) is 5.16. The first kappa shape index (κ1) is 15.7. The van der Waals surface area contributed by atoms with Crippen LogP contribution in [0.1, 0.15) is 25.3 Å². The summed E-state index contributed by atoms with van der Waals surface area (Å²) < 4.78 is 25.1. The van der Waals surface area contributed by atoms with Crippen LogP contribution in [0.25, 0.3) is 0 Å². The molecule has 0 saturated heterocycles. The molecule has 114 valence electrons. The first-order chi connectivity index (χ1) is 9.82. The van der Waals surface area contributed by atoms with E-state index < -0.39 is 10.0 Å². The zero-order chi connectivity index (χ0) is 15.6. The summed E-state index contributed by atoms with van der Waals surface area (Å²) in [5.74, 6) is 0.0512. The molecule has 7 heteroatoms. The molecule has 0 aromatic heterocycles. The fourth-order valence-electron chi connectivity index (χ4n) is 1.72. The van der Waals surface area contributed by atoms with Crippen molar-refractivity contribution in [2.75, 3.05) is 14.1 Å². The van der Waals surface area contributed by atoms with Crippen molar-refractivity contribution in [2.24, 2.45) is 11.0 Å². The normalized spacial score (nSPS) is 16.1. The minimum Gasteiger partial charge on any atom is -0.273 e. The number of amides is 1. The van der Waals surface area contributed by atoms with Crippen LogP contribution in [0.2, 0.25) is 0 Å². The number of hydrazone groups is 1. The molecule has 6 nitrogen and oxygen atoms in total. The lowest BCUT2D eigenvalue weighted by Crippen LogP contribution is -2.22. The zero-order valence-corrected chi connectivity index (χ0v) is 13.1. The number of carbonyl (C=O) groups excluding carboxylic acids is 1. The summed E-state index contributed by atoms with van der Waals surface area (Å²) in [6.07, 6.45) is 1.86. The van der Waals surface area contributed by atoms with E-state index in [0.29, 0.717) is 5.71 Å². The van der Waals surface area contributed by atoms with Gasteiger partial charge in [0.2, 0.25) is 15.9 Å². The summed E-state index contributed by atoms with van der Waals surface area (Å²) in [4.78, 5) is 11.7. The molecular formula is C14H19N3O3S. The second-order valence-corrected chi connectivity index (χ2v) is 7.41. The third kappa shape index (κ3) is 3.68. The second-order valence-electron chi connectivity index (χ2n) is 5.26. The van der Waals surface area contributed by atoms with Gasteiger partial charge in [-0.2, -0.15) is 5.10 Å². The minimum absolute atomic E-state index is 0.0545. The maximum absolute atomic E-state index is 11.9. The molecule has 21 heavy (non-hydrogen) atoms. The van der Waals surface area contributed by atoms with Crippen molar-refractivity contribution < 1.29 is 13.2 Å². The van der Waals surface area contributed by atoms with Crippen molar-refractivity contribution in [1.82, 2.24) is 9.73 Å². The Morgan fingerprint density at radius 1 is 1.24 bits per heavy atom. The Hall–Kier alpha value is -1.73. The SMILES string of the molecule is C/C(=N/NC(=O)C1CC1)c1ccc(S(=O)(=O)N(C)C)cc1. The highest BCUT2D eigenvalue weighted by Crippen LogP contribution is 2.28. The number of hydrogen-bond donors (Lipinski definition) is 1. The molecule has 1 aliphatic carbocycles. The van der Waals surface area contributed by atoms with Crippen LogP contribution in [0, 0.1) is 5.92 Å². The van der Waals surface area contributed by atoms with Gasteiger partial charge in [-0.25, -0.2) is 18.1 Å². The van der Waals surface area contributed by atoms with Crippen molar-refractivity contribution in [2.45, 2.75) is 24.7 Å². The maximum atomic E-state index is 11.9. The van der Waals surface area contributed by atoms with E-state index >= 15 is 0 Å². The molecule has 0 bridgehead atoms. The molecule has 0 unspecified atom stereocenters. The summed E-state index contributed by atoms with van der Waals surface area (Å²) in [7, 11) is -0.445. The molecule has 0 spiro atoms. The molecule has 0 atom stereocenters. The quantitative estimate of drug-likeness (QED) is 0.655. The van der Waals surface area contributed by atoms with E-state index in [9.17, 15) is 13.2 Å². The molecule has 1 amide bonds. The number of nitrogens with zero attached hydrogens (tertiary/aromatic N) is 2. The fraction of sp³-hybridized carbons (Fsp3) is 0.429. The molecule has 1 aliphatic rings. The van der Waals surface area contributed by atoms with Crippen molar-refractivity contribution in [3.8, 4) is 0 Å². The van der Waals surface area contributed by atoms with Crippen molar-refractivity contribution in [3.63, 3.8) is 0 Å². The van der Waals surface area contributed by atoms with Crippen LogP contribution in [0.15, 0.2) is 34.3 Å². The van der Waals surface area contributed by atoms with Crippen molar-refractivity contribution in [3.05, 3.63) is 29.8 Å². The lowest BCUT2D eigenvalue weighted by atomic mass is 10.1. The molecule has 1 fully saturated rings. The van der Waals surface area contributed by atoms with Crippen molar-refractivity contribution >= 4 is 21.6 Å². The number of hydrogen-bond acceptors (Lipinski definition) is 4. The number of rotatable bonds is 5. The first-order valence-corrected chi connectivity index (χ1v) is 8.13. The Morgan fingerprint density at radius 2 is 1.81 bits per heavy atom. The van der Waals surface area contributed by atoms with Gasteiger partial charge in [0.15, 0.2) is 0 Å². The van der Waals surface area contributed by atoms with Crippen molar-refractivity contribution in [1.29, 1.82) is 0 Å². The predicted octanol–water partition coefficient (Wildman–Crippen LogP) is 1.19. The largest absolute Gasteiger partial charge is 0.273 e. The molecular weight excluding hydrogens is 290 g/mol. The Balaban J connectivity index is 2.11. The Labute approximate surface area is 124 Å². The summed E-state index contributed by atoms with van der Waals surface area (Å²) in [6, 6.07) is 6.43. The molecule has 1 aromatic carbocycles. The number of benzene rings is 1. The van der Waals surface area contributed by atoms with Gasteiger partial charge in [0.1, 0.15) is 0 Å². The van der Waals surface area contributed by atoms with Crippen LogP contribution < -0.4 is 5.43 Å². The monoisotopic (exact) mass is 309 g/mol. The zero-order valence-electron chi connectivity index (χ0n) is 12.3. The van der Waals surface area contributed by atoms with E-state index in [-0.39, 0.29) is 16.7 Å². The minimum atomic E-state index is -3.42. The van der Waals surface area contributed by atoms with E-state index in [1.807, 2.05) is 0 Å². The highest BCUT2D eigenvalue weighted by molar-refractivity contribution is 7.89. The lowest BCUT2D eigenvalue weighted by molar-refractivity contribution is -0.122. The summed E-state index contributed by atoms with van der Waals surface area (Å²) in [6.45, 7) is 1.77. The Kier molecular flexibility index (Phi) is 4.43. The number of carbonyl (C=O) groups is 1. The summed E-state index contributed by atoms with van der Waals surface area (Å²) >= 11 is 0. The molecule has 0 aliphatic heterocycles. The molecule has 0 heterocycles. The fourth-order valence-corrected chi connectivity index (χ4v) is 2.62. The topological polar surface area (TPSA) is 78.8 Å². The smallest absolute Gasteiger partial charge is 0.243 e. The van der Waals surface area contributed by atoms with Gasteiger partial charge in [0.05, 0.1) is 10.6 Å². The molecule has 1 aromatic rings. The van der Waals surface area contributed by atoms with Crippen LogP contribution in [0.5, 0.6) is 0 Å². The van der Waals surface area contributed by atoms with E-state index in [0.717, 1.165) is 18.4 Å². The van der Waals surface area contributed by atoms with Crippen LogP contribution in [0.4, 0.5) is 0 Å². The lowest BCUT2D eigenvalue weighted by Gasteiger charge is -2.11. The van der Waals surface area contributed by atoms with E-state index in [1.165, 1.54) is 30.5 Å². The average Bonchev–Trinajstić information content (AvgIpc) is 3.29. The van der Waals surface area contributed by atoms with Gasteiger partial charge in [0, 0.05) is 20.0 Å². The highest BCUT2D eigenvalue weighted by atomic mass is 32.2. The van der Waals surface area contributed by atoms with E-state index in [4.69, 9.17) is 0 Å². The van der Waals surface area contributed by atoms with Gasteiger partial charge in [0.25, 0.3) is 0 Å². The summed E-state index contributed by atoms with van der Waals surface area (Å²) in [5, 5.41) is 4.04. The molecule has 0 radical (unpaired) electrons. The average molecular weight is 309 g/mol. The number of nitrogens with one attached hydrogen (secondary N) is 1. The van der Waals surface area contributed by atoms with Crippen LogP contribution >= 0.6 is 0 Å². The van der Waals surface area contributed by atoms with Crippen LogP contribution in [-0.2, 0) is 14.8 Å². The van der Waals surface area contributed by atoms with Gasteiger partial charge in [-0.15, -0.1) is 0 Å². The van der Waals surface area contributed by atoms with E-state index in [2.05, 4.69) is 10.5 Å². The maximum Gasteiger partial charge on any atom is 0.243 e. The molecule has 1 N–H and O–H groups in total. The van der Waals surface area contributed by atoms with Crippen LogP contribution in [-0.4, -0.2) is 38.4 Å². The first-order valence-electron chi connectivity index (χ1n) is 6.69. The van der Waals surface area contributed by atoms with Gasteiger partial charge < -0.3 is 0 Å². The van der Waals surface area contributed by atoms with Gasteiger partial charge >= 0.3 is 0 Å². The predicted molar refractivity (Wildman–Crippen MR) is 80.4 cm³/mol. The summed E-state index contributed by atoms with van der Waals surface area (Å²) in [5.41, 5.74) is 3.93. The Bertz CT molecular complexity index is 659. The van der Waals surface area contributed by atoms with Gasteiger partial charge in [-0.1, -0.05) is 12.1 Å². The molecule has 2 rings (SSSR count). The van der Waals surface area contributed by atoms with Crippen LogP contribution in [0.3, 0.4) is 0 Å². The second kappa shape index (κ2) is 5.95. The standard InChI is InChI=1S/C14H19N3O3S/c1-10(15-16-14(18)12-4-5-12)11-6-8-13(9-7-11)21(19,20)17(2)3/h6-9,12H,4-5H2,1-3H3,(H,16,18)/b15-10-. The number of sulfonamides is 1. The van der Waals surface area contributed by atoms with Gasteiger partial charge in [-0.05, 0) is 37.5 Å². The highest BCUT2D eigenvalue weighted by Gasteiger charge is 2.29.